The van der Waals surface area contributed by atoms with Gasteiger partial charge >= 0.3 is 0 Å². The maximum atomic E-state index is 13.2. The molecule has 10 nitrogen and oxygen atoms in total. The van der Waals surface area contributed by atoms with E-state index in [1.807, 2.05) is 58.9 Å². The molecule has 0 bridgehead atoms. The van der Waals surface area contributed by atoms with Crippen LogP contribution in [0.5, 0.6) is 0 Å². The van der Waals surface area contributed by atoms with Gasteiger partial charge in [0.2, 0.25) is 21.9 Å². The number of amides is 2. The van der Waals surface area contributed by atoms with Crippen LogP contribution in [0, 0.1) is 5.92 Å². The van der Waals surface area contributed by atoms with E-state index < -0.39 is 0 Å². The smallest absolute Gasteiger partial charge is 0.234 e. The van der Waals surface area contributed by atoms with Gasteiger partial charge in [-0.1, -0.05) is 35.1 Å². The van der Waals surface area contributed by atoms with Gasteiger partial charge < -0.3 is 20.0 Å². The number of piperazine rings is 1. The van der Waals surface area contributed by atoms with E-state index in [1.165, 1.54) is 0 Å². The number of hydrogen-bond acceptors (Lipinski definition) is 8. The lowest BCUT2D eigenvalue weighted by atomic mass is 9.95. The zero-order valence-electron chi connectivity index (χ0n) is 22.0. The van der Waals surface area contributed by atoms with Crippen molar-refractivity contribution in [3.05, 3.63) is 35.5 Å². The van der Waals surface area contributed by atoms with Crippen LogP contribution in [0.1, 0.15) is 12.8 Å². The molecule has 2 amide bonds. The maximum absolute atomic E-state index is 13.2. The lowest BCUT2D eigenvalue weighted by Gasteiger charge is -2.38. The molecule has 0 aliphatic carbocycles. The number of likely N-dealkylation sites (N-methyl/N-ethyl adjacent to an activating group) is 1. The van der Waals surface area contributed by atoms with Crippen LogP contribution in [0.4, 0.5) is 5.13 Å². The Kier molecular flexibility index (Phi) is 8.47. The quantitative estimate of drug-likeness (QED) is 0.453. The number of piperidine rings is 1. The third-order valence-electron chi connectivity index (χ3n) is 7.22. The summed E-state index contributed by atoms with van der Waals surface area (Å²) in [6, 6.07) is 7.65. The Balaban J connectivity index is 1.07. The van der Waals surface area contributed by atoms with Crippen molar-refractivity contribution in [3.8, 4) is 11.3 Å². The third-order valence-corrected chi connectivity index (χ3v) is 8.45. The first-order chi connectivity index (χ1) is 18.4. The van der Waals surface area contributed by atoms with Gasteiger partial charge in [0.25, 0.3) is 0 Å². The van der Waals surface area contributed by atoms with E-state index in [0.717, 1.165) is 66.9 Å². The summed E-state index contributed by atoms with van der Waals surface area (Å²) in [7, 11) is 3.98. The molecule has 0 spiro atoms. The lowest BCUT2D eigenvalue weighted by molar-refractivity contribution is -0.138. The summed E-state index contributed by atoms with van der Waals surface area (Å²) < 4.78 is 1.84. The molecule has 2 saturated heterocycles. The van der Waals surface area contributed by atoms with Crippen molar-refractivity contribution in [2.75, 3.05) is 77.9 Å². The number of carbonyl (C=O) groups excluding carboxylic acids is 2. The van der Waals surface area contributed by atoms with E-state index >= 15 is 0 Å². The minimum Gasteiger partial charge on any atom is -0.354 e. The summed E-state index contributed by atoms with van der Waals surface area (Å²) in [6.07, 6.45) is 3.60. The van der Waals surface area contributed by atoms with Crippen molar-refractivity contribution in [2.24, 2.45) is 5.92 Å². The Hall–Kier alpha value is -2.73. The zero-order valence-corrected chi connectivity index (χ0v) is 23.5. The van der Waals surface area contributed by atoms with Gasteiger partial charge in [-0.2, -0.15) is 0 Å². The summed E-state index contributed by atoms with van der Waals surface area (Å²) >= 11 is 7.58. The summed E-state index contributed by atoms with van der Waals surface area (Å²) in [5.74, 6) is 0.351. The average molecular weight is 559 g/mol. The standard InChI is InChI=1S/C26H35ClN8O2S/c1-31(2)12-9-28-23(36)18-32-13-15-33(16-14-32)24(37)20-7-10-34(11-8-20)26-30-35-17-22(29-25(35)38-26)19-3-5-21(27)6-4-19/h3-6,17,20H,7-16,18H2,1-2H3,(H,28,36). The van der Waals surface area contributed by atoms with Gasteiger partial charge in [0.05, 0.1) is 18.4 Å². The van der Waals surface area contributed by atoms with Crippen molar-refractivity contribution in [1.82, 2.24) is 34.6 Å². The topological polar surface area (TPSA) is 89.3 Å². The molecule has 5 rings (SSSR count). The van der Waals surface area contributed by atoms with Crippen LogP contribution in [-0.2, 0) is 9.59 Å². The highest BCUT2D eigenvalue weighted by atomic mass is 35.5. The first-order valence-electron chi connectivity index (χ1n) is 13.2. The van der Waals surface area contributed by atoms with E-state index in [4.69, 9.17) is 21.7 Å². The summed E-state index contributed by atoms with van der Waals surface area (Å²) in [5, 5.41) is 9.36. The molecule has 12 heteroatoms. The van der Waals surface area contributed by atoms with Gasteiger partial charge in [0, 0.05) is 68.9 Å². The minimum atomic E-state index is 0.0488. The van der Waals surface area contributed by atoms with Gasteiger partial charge in [0.15, 0.2) is 0 Å². The van der Waals surface area contributed by atoms with Crippen LogP contribution in [0.25, 0.3) is 16.2 Å². The Labute approximate surface area is 232 Å². The van der Waals surface area contributed by atoms with Gasteiger partial charge in [-0.3, -0.25) is 14.5 Å². The second-order valence-electron chi connectivity index (χ2n) is 10.3. The molecule has 38 heavy (non-hydrogen) atoms. The number of imidazole rings is 1. The van der Waals surface area contributed by atoms with E-state index in [0.29, 0.717) is 31.2 Å². The van der Waals surface area contributed by atoms with Crippen LogP contribution in [0.2, 0.25) is 5.02 Å². The van der Waals surface area contributed by atoms with Crippen molar-refractivity contribution in [1.29, 1.82) is 0 Å². The second kappa shape index (κ2) is 12.0. The van der Waals surface area contributed by atoms with Crippen molar-refractivity contribution in [2.45, 2.75) is 12.8 Å². The van der Waals surface area contributed by atoms with Crippen molar-refractivity contribution >= 4 is 44.8 Å². The molecule has 2 fully saturated rings. The monoisotopic (exact) mass is 558 g/mol. The normalized spacial score (nSPS) is 17.5. The van der Waals surface area contributed by atoms with Crippen LogP contribution < -0.4 is 10.2 Å². The predicted octanol–water partition coefficient (Wildman–Crippen LogP) is 2.15. The van der Waals surface area contributed by atoms with Gasteiger partial charge in [-0.25, -0.2) is 9.50 Å². The van der Waals surface area contributed by atoms with Gasteiger partial charge in [0.1, 0.15) is 0 Å². The Morgan fingerprint density at radius 1 is 1.08 bits per heavy atom. The van der Waals surface area contributed by atoms with Crippen molar-refractivity contribution < 1.29 is 9.59 Å². The van der Waals surface area contributed by atoms with E-state index in [2.05, 4.69) is 15.1 Å². The molecular weight excluding hydrogens is 524 g/mol. The summed E-state index contributed by atoms with van der Waals surface area (Å²) in [6.45, 7) is 6.34. The molecule has 1 aromatic carbocycles. The molecule has 0 atom stereocenters. The highest BCUT2D eigenvalue weighted by Gasteiger charge is 2.31. The van der Waals surface area contributed by atoms with Crippen LogP contribution in [-0.4, -0.2) is 114 Å². The van der Waals surface area contributed by atoms with E-state index in [-0.39, 0.29) is 17.7 Å². The molecule has 2 aromatic heterocycles. The first kappa shape index (κ1) is 26.9. The number of anilines is 1. The zero-order chi connectivity index (χ0) is 26.6. The summed E-state index contributed by atoms with van der Waals surface area (Å²) in [5.41, 5.74) is 1.89. The van der Waals surface area contributed by atoms with Crippen LogP contribution in [0.3, 0.4) is 0 Å². The molecule has 204 valence electrons. The van der Waals surface area contributed by atoms with Crippen molar-refractivity contribution in [3.63, 3.8) is 0 Å². The number of nitrogens with zero attached hydrogens (tertiary/aromatic N) is 7. The average Bonchev–Trinajstić information content (AvgIpc) is 3.49. The second-order valence-corrected chi connectivity index (χ2v) is 11.6. The fourth-order valence-electron chi connectivity index (χ4n) is 4.96. The molecule has 4 heterocycles. The number of benzene rings is 1. The number of carbonyl (C=O) groups is 2. The number of rotatable bonds is 8. The molecule has 1 N–H and O–H groups in total. The first-order valence-corrected chi connectivity index (χ1v) is 14.3. The number of halogens is 1. The molecule has 0 saturated carbocycles. The Morgan fingerprint density at radius 2 is 1.79 bits per heavy atom. The highest BCUT2D eigenvalue weighted by molar-refractivity contribution is 7.20. The number of fused-ring (bicyclic) bond motifs is 1. The lowest BCUT2D eigenvalue weighted by Crippen LogP contribution is -2.53. The number of hydrogen-bond donors (Lipinski definition) is 1. The molecule has 0 radical (unpaired) electrons. The Morgan fingerprint density at radius 3 is 2.45 bits per heavy atom. The highest BCUT2D eigenvalue weighted by Crippen LogP contribution is 2.30. The fourth-order valence-corrected chi connectivity index (χ4v) is 6.02. The van der Waals surface area contributed by atoms with E-state index in [1.54, 1.807) is 11.3 Å². The van der Waals surface area contributed by atoms with Gasteiger partial charge in [-0.05, 0) is 39.1 Å². The third kappa shape index (κ3) is 6.45. The molecule has 3 aromatic rings. The van der Waals surface area contributed by atoms with Gasteiger partial charge in [-0.15, -0.1) is 5.10 Å². The number of aromatic nitrogens is 3. The largest absolute Gasteiger partial charge is 0.354 e. The molecule has 2 aliphatic rings. The molecule has 2 aliphatic heterocycles. The van der Waals surface area contributed by atoms with E-state index in [9.17, 15) is 9.59 Å². The number of nitrogens with one attached hydrogen (secondary N) is 1. The predicted molar refractivity (Wildman–Crippen MR) is 151 cm³/mol. The Bertz CT molecular complexity index is 1210. The fraction of sp³-hybridized carbons (Fsp3) is 0.538. The molecular formula is C26H35ClN8O2S. The SMILES string of the molecule is CN(C)CCNC(=O)CN1CCN(C(=O)C2CCN(c3nn4cc(-c5ccc(Cl)cc5)nc4s3)CC2)CC1. The summed E-state index contributed by atoms with van der Waals surface area (Å²) in [4.78, 5) is 39.4. The molecule has 0 unspecified atom stereocenters. The van der Waals surface area contributed by atoms with Crippen LogP contribution in [0.15, 0.2) is 30.5 Å². The maximum Gasteiger partial charge on any atom is 0.234 e. The minimum absolute atomic E-state index is 0.0488. The van der Waals surface area contributed by atoms with Crippen LogP contribution >= 0.6 is 22.9 Å².